The van der Waals surface area contributed by atoms with Gasteiger partial charge in [-0.3, -0.25) is 0 Å². The average molecular weight is 615 g/mol. The summed E-state index contributed by atoms with van der Waals surface area (Å²) < 4.78 is 115. The smallest absolute Gasteiger partial charge is 0.421 e. The van der Waals surface area contributed by atoms with Crippen LogP contribution in [-0.4, -0.2) is 64.8 Å². The number of rotatable bonds is 14. The van der Waals surface area contributed by atoms with Gasteiger partial charge in [0.1, 0.15) is 0 Å². The summed E-state index contributed by atoms with van der Waals surface area (Å²) in [6, 6.07) is 0. The monoisotopic (exact) mass is 614 g/mol. The number of halogens is 6. The van der Waals surface area contributed by atoms with Gasteiger partial charge in [0.05, 0.1) is 0 Å². The zero-order valence-electron chi connectivity index (χ0n) is 22.0. The van der Waals surface area contributed by atoms with Crippen LogP contribution in [0.25, 0.3) is 4.13 Å². The zero-order chi connectivity index (χ0) is 28.9. The topological polar surface area (TPSA) is 96.5 Å². The fraction of sp³-hybridized carbons (Fsp3) is 1.00. The van der Waals surface area contributed by atoms with E-state index in [0.29, 0.717) is 0 Å². The second-order valence-electron chi connectivity index (χ2n) is 8.54. The number of sulfonamides is 2. The van der Waals surface area contributed by atoms with E-state index in [-0.39, 0.29) is 0 Å². The molecule has 16 heteroatoms. The molecule has 0 aliphatic rings. The van der Waals surface area contributed by atoms with Gasteiger partial charge in [-0.25, -0.2) is 16.8 Å². The summed E-state index contributed by atoms with van der Waals surface area (Å²) in [6.45, 7) is 14.2. The molecule has 0 spiro atoms. The van der Waals surface area contributed by atoms with Crippen molar-refractivity contribution in [3.8, 4) is 0 Å². The van der Waals surface area contributed by atoms with Crippen molar-refractivity contribution in [2.24, 2.45) is 0 Å². The van der Waals surface area contributed by atoms with Crippen molar-refractivity contribution in [1.29, 1.82) is 0 Å². The predicted octanol–water partition coefficient (Wildman–Crippen LogP) is 7.98. The third-order valence-corrected chi connectivity index (χ3v) is 18.5. The third kappa shape index (κ3) is 12.7. The van der Waals surface area contributed by atoms with Crippen molar-refractivity contribution < 1.29 is 43.2 Å². The Labute approximate surface area is 213 Å². The zero-order valence-corrected chi connectivity index (χ0v) is 25.4. The highest BCUT2D eigenvalue weighted by molar-refractivity contribution is 8.13. The lowest BCUT2D eigenvalue weighted by Crippen LogP contribution is -2.30. The molecule has 0 heterocycles. The second-order valence-corrected chi connectivity index (χ2v) is 19.7. The van der Waals surface area contributed by atoms with Crippen LogP contribution in [0.1, 0.15) is 80.1 Å². The van der Waals surface area contributed by atoms with Crippen LogP contribution in [0.3, 0.4) is 0 Å². The molecule has 0 rings (SSSR count). The van der Waals surface area contributed by atoms with Crippen molar-refractivity contribution in [1.82, 2.24) is 4.17 Å². The minimum atomic E-state index is -6.72. The Bertz CT molecular complexity index is 854. The van der Waals surface area contributed by atoms with Gasteiger partial charge >= 0.3 is 11.0 Å². The molecule has 0 unspecified atom stereocenters. The molecular weight excluding hydrogens is 572 g/mol. The van der Waals surface area contributed by atoms with E-state index in [4.69, 9.17) is 4.17 Å². The Morgan fingerprint density at radius 3 is 0.861 bits per heavy atom. The lowest BCUT2D eigenvalue weighted by molar-refractivity contribution is -0.0444. The Balaban J connectivity index is 0. The summed E-state index contributed by atoms with van der Waals surface area (Å²) in [5.41, 5.74) is -12.4. The molecule has 0 atom stereocenters. The maximum atomic E-state index is 11.4. The SMILES string of the molecule is CCCP(CCC)(CCC)=[N+]=P(CCC)(CCC)CCC.O=S(=O)([N-]S(=O)(=O)C(F)(F)F)C(F)(F)F. The average Bonchev–Trinajstić information content (AvgIpc) is 2.67. The highest BCUT2D eigenvalue weighted by Crippen LogP contribution is 2.55. The first kappa shape index (κ1) is 38.2. The molecule has 0 amide bonds. The van der Waals surface area contributed by atoms with E-state index in [2.05, 4.69) is 41.5 Å². The van der Waals surface area contributed by atoms with E-state index in [0.717, 1.165) is 4.13 Å². The molecule has 0 saturated heterocycles. The molecule has 0 aromatic carbocycles. The molecule has 220 valence electrons. The molecule has 36 heavy (non-hydrogen) atoms. The maximum Gasteiger partial charge on any atom is 0.480 e. The van der Waals surface area contributed by atoms with Gasteiger partial charge in [-0.1, -0.05) is 41.5 Å². The Hall–Kier alpha value is 0.0100. The fourth-order valence-corrected chi connectivity index (χ4v) is 17.5. The minimum absolute atomic E-state index is 0.778. The second kappa shape index (κ2) is 16.2. The standard InChI is InChI=1S/C18H42NP2.C2F6NO4S2/c1-7-13-20(14-8-2,15-9-3)19-21(16-10-4,17-11-5)18-12-6;3-1(4,5)14(10,11)9-15(12,13)2(6,7)8/h7-18H2,1-6H3;/q+1;-1. The first-order chi connectivity index (χ1) is 16.3. The molecule has 0 fully saturated rings. The van der Waals surface area contributed by atoms with E-state index < -0.39 is 45.2 Å². The molecular formula is C20H42F6N2O4P2S2. The van der Waals surface area contributed by atoms with E-state index in [1.807, 2.05) is 0 Å². The van der Waals surface area contributed by atoms with Crippen molar-refractivity contribution in [2.75, 3.05) is 37.0 Å². The van der Waals surface area contributed by atoms with Crippen LogP contribution in [0.2, 0.25) is 0 Å². The molecule has 6 nitrogen and oxygen atoms in total. The van der Waals surface area contributed by atoms with Crippen molar-refractivity contribution in [3.63, 3.8) is 0 Å². The Morgan fingerprint density at radius 2 is 0.722 bits per heavy atom. The van der Waals surface area contributed by atoms with Crippen LogP contribution in [0.4, 0.5) is 26.3 Å². The lowest BCUT2D eigenvalue weighted by Gasteiger charge is -2.22. The molecule has 0 aliphatic carbocycles. The van der Waals surface area contributed by atoms with E-state index in [9.17, 15) is 43.2 Å². The van der Waals surface area contributed by atoms with Crippen molar-refractivity contribution in [3.05, 3.63) is 4.13 Å². The summed E-state index contributed by atoms with van der Waals surface area (Å²) in [5.74, 6) is 0. The molecule has 0 N–H and O–H groups in total. The van der Waals surface area contributed by atoms with Crippen LogP contribution in [-0.2, 0) is 20.0 Å². The van der Waals surface area contributed by atoms with Gasteiger partial charge in [0, 0.05) is 37.0 Å². The van der Waals surface area contributed by atoms with Crippen LogP contribution < -0.4 is 4.17 Å². The highest BCUT2D eigenvalue weighted by atomic mass is 32.3. The summed E-state index contributed by atoms with van der Waals surface area (Å²) in [6.07, 6.45) is 16.6. The fourth-order valence-electron chi connectivity index (χ4n) is 4.05. The molecule has 0 saturated carbocycles. The number of alkyl halides is 6. The normalized spacial score (nSPS) is 13.7. The van der Waals surface area contributed by atoms with Gasteiger partial charge in [-0.2, -0.15) is 30.5 Å². The number of hydrogen-bond donors (Lipinski definition) is 0. The Kier molecular flexibility index (Phi) is 17.2. The third-order valence-electron chi connectivity index (χ3n) is 5.00. The van der Waals surface area contributed by atoms with E-state index in [1.54, 1.807) is 0 Å². The lowest BCUT2D eigenvalue weighted by atomic mass is 10.6. The van der Waals surface area contributed by atoms with E-state index >= 15 is 0 Å². The summed E-state index contributed by atoms with van der Waals surface area (Å²) in [7, 11) is -15.5. The van der Waals surface area contributed by atoms with Gasteiger partial charge in [-0.15, -0.1) is 0 Å². The van der Waals surface area contributed by atoms with Crippen molar-refractivity contribution >= 4 is 34.2 Å². The van der Waals surface area contributed by atoms with Gasteiger partial charge in [0.25, 0.3) is 0 Å². The highest BCUT2D eigenvalue weighted by Gasteiger charge is 2.47. The van der Waals surface area contributed by atoms with Crippen LogP contribution in [0, 0.1) is 0 Å². The molecule has 0 bridgehead atoms. The molecule has 0 aromatic heterocycles. The summed E-state index contributed by atoms with van der Waals surface area (Å²) in [5, 5.41) is 0. The van der Waals surface area contributed by atoms with Gasteiger partial charge in [0.15, 0.2) is 20.0 Å². The van der Waals surface area contributed by atoms with Gasteiger partial charge < -0.3 is 4.13 Å². The van der Waals surface area contributed by atoms with Crippen LogP contribution in [0.15, 0.2) is 0 Å². The largest absolute Gasteiger partial charge is 0.480 e. The van der Waals surface area contributed by atoms with Crippen LogP contribution in [0.5, 0.6) is 0 Å². The van der Waals surface area contributed by atoms with E-state index in [1.165, 1.54) is 75.5 Å². The molecule has 0 aromatic rings. The van der Waals surface area contributed by atoms with Gasteiger partial charge in [0.2, 0.25) is 14.1 Å². The summed E-state index contributed by atoms with van der Waals surface area (Å²) in [4.78, 5) is 0. The first-order valence-electron chi connectivity index (χ1n) is 12.1. The number of hydrogen-bond acceptors (Lipinski definition) is 4. The Morgan fingerprint density at radius 1 is 0.528 bits per heavy atom. The first-order valence-corrected chi connectivity index (χ1v) is 19.6. The predicted molar refractivity (Wildman–Crippen MR) is 140 cm³/mol. The summed E-state index contributed by atoms with van der Waals surface area (Å²) >= 11 is 0. The number of nitrogens with zero attached hydrogens (tertiary/aromatic N) is 2. The molecule has 0 aliphatic heterocycles. The minimum Gasteiger partial charge on any atom is -0.421 e. The van der Waals surface area contributed by atoms with Crippen LogP contribution >= 0.6 is 14.1 Å². The molecule has 0 radical (unpaired) electrons. The van der Waals surface area contributed by atoms with Gasteiger partial charge in [-0.05, 0) is 38.5 Å². The maximum absolute atomic E-state index is 11.4. The quantitative estimate of drug-likeness (QED) is 0.113. The van der Waals surface area contributed by atoms with Crippen molar-refractivity contribution in [2.45, 2.75) is 91.1 Å².